The summed E-state index contributed by atoms with van der Waals surface area (Å²) in [6.45, 7) is 2.17. The zero-order valence-corrected chi connectivity index (χ0v) is 16.5. The standard InChI is InChI=1S/C21H19N5O2S/c1-16-11-13-18(14-12-16)29(27,28)25-23-20(17-7-3-2-4-8-17)15-26-21-10-6-5-9-19(21)22-24-26/h2-14,25H,15H2,1H3/b23-20+. The Morgan fingerprint density at radius 3 is 2.41 bits per heavy atom. The summed E-state index contributed by atoms with van der Waals surface area (Å²) >= 11 is 0. The van der Waals surface area contributed by atoms with Gasteiger partial charge in [0.15, 0.2) is 0 Å². The Labute approximate surface area is 168 Å². The summed E-state index contributed by atoms with van der Waals surface area (Å²) in [5, 5.41) is 12.6. The number of nitrogens with zero attached hydrogens (tertiary/aromatic N) is 4. The van der Waals surface area contributed by atoms with E-state index in [0.717, 1.165) is 22.2 Å². The molecule has 4 aromatic rings. The lowest BCUT2D eigenvalue weighted by molar-refractivity contribution is 0.584. The molecule has 146 valence electrons. The molecule has 0 saturated heterocycles. The van der Waals surface area contributed by atoms with Gasteiger partial charge in [0.1, 0.15) is 5.52 Å². The zero-order chi connectivity index (χ0) is 20.3. The van der Waals surface area contributed by atoms with Gasteiger partial charge in [-0.2, -0.15) is 18.4 Å². The van der Waals surface area contributed by atoms with Crippen molar-refractivity contribution in [2.45, 2.75) is 18.4 Å². The molecule has 7 nitrogen and oxygen atoms in total. The minimum absolute atomic E-state index is 0.158. The maximum Gasteiger partial charge on any atom is 0.276 e. The van der Waals surface area contributed by atoms with Gasteiger partial charge in [0.05, 0.1) is 22.7 Å². The van der Waals surface area contributed by atoms with E-state index in [1.54, 1.807) is 28.9 Å². The van der Waals surface area contributed by atoms with Crippen molar-refractivity contribution >= 4 is 26.8 Å². The average molecular weight is 405 g/mol. The van der Waals surface area contributed by atoms with Crippen LogP contribution in [0.5, 0.6) is 0 Å². The highest BCUT2D eigenvalue weighted by molar-refractivity contribution is 7.89. The van der Waals surface area contributed by atoms with Gasteiger partial charge in [0, 0.05) is 0 Å². The highest BCUT2D eigenvalue weighted by Gasteiger charge is 2.15. The summed E-state index contributed by atoms with van der Waals surface area (Å²) in [6, 6.07) is 23.6. The summed E-state index contributed by atoms with van der Waals surface area (Å²) in [6.07, 6.45) is 0. The van der Waals surface area contributed by atoms with E-state index in [2.05, 4.69) is 20.2 Å². The van der Waals surface area contributed by atoms with Gasteiger partial charge in [-0.05, 0) is 36.8 Å². The van der Waals surface area contributed by atoms with Crippen molar-refractivity contribution in [3.63, 3.8) is 0 Å². The number of fused-ring (bicyclic) bond motifs is 1. The molecule has 0 amide bonds. The van der Waals surface area contributed by atoms with E-state index in [4.69, 9.17) is 0 Å². The molecule has 4 rings (SSSR count). The number of hydrazone groups is 1. The maximum absolute atomic E-state index is 12.6. The fourth-order valence-electron chi connectivity index (χ4n) is 2.88. The van der Waals surface area contributed by atoms with Crippen molar-refractivity contribution in [2.75, 3.05) is 0 Å². The van der Waals surface area contributed by atoms with Crippen LogP contribution in [0.3, 0.4) is 0 Å². The quantitative estimate of drug-likeness (QED) is 0.394. The molecular formula is C21H19N5O2S. The molecule has 0 fully saturated rings. The second-order valence-electron chi connectivity index (χ2n) is 6.57. The molecule has 0 aliphatic carbocycles. The first-order valence-corrected chi connectivity index (χ1v) is 10.5. The Hall–Kier alpha value is -3.52. The third-order valence-corrected chi connectivity index (χ3v) is 5.68. The van der Waals surface area contributed by atoms with Crippen LogP contribution in [-0.2, 0) is 16.6 Å². The van der Waals surface area contributed by atoms with Gasteiger partial charge in [-0.3, -0.25) is 0 Å². The largest absolute Gasteiger partial charge is 0.276 e. The highest BCUT2D eigenvalue weighted by atomic mass is 32.2. The molecule has 1 N–H and O–H groups in total. The molecule has 0 saturated carbocycles. The number of hydrogen-bond donors (Lipinski definition) is 1. The van der Waals surface area contributed by atoms with Crippen molar-refractivity contribution in [3.05, 3.63) is 90.0 Å². The Morgan fingerprint density at radius 2 is 1.66 bits per heavy atom. The molecule has 0 aliphatic heterocycles. The molecule has 0 spiro atoms. The molecule has 0 radical (unpaired) electrons. The van der Waals surface area contributed by atoms with Crippen LogP contribution in [0.2, 0.25) is 0 Å². The van der Waals surface area contributed by atoms with Crippen LogP contribution in [-0.4, -0.2) is 29.1 Å². The number of para-hydroxylation sites is 1. The predicted octanol–water partition coefficient (Wildman–Crippen LogP) is 3.12. The second-order valence-corrected chi connectivity index (χ2v) is 8.23. The summed E-state index contributed by atoms with van der Waals surface area (Å²) in [4.78, 5) is 2.51. The first-order chi connectivity index (χ1) is 14.0. The van der Waals surface area contributed by atoms with E-state index < -0.39 is 10.0 Å². The highest BCUT2D eigenvalue weighted by Crippen LogP contribution is 2.13. The lowest BCUT2D eigenvalue weighted by atomic mass is 10.1. The van der Waals surface area contributed by atoms with Crippen molar-refractivity contribution < 1.29 is 8.42 Å². The van der Waals surface area contributed by atoms with Gasteiger partial charge in [-0.15, -0.1) is 5.10 Å². The van der Waals surface area contributed by atoms with Crippen molar-refractivity contribution in [2.24, 2.45) is 5.10 Å². The van der Waals surface area contributed by atoms with Crippen LogP contribution < -0.4 is 4.83 Å². The third-order valence-electron chi connectivity index (χ3n) is 4.46. The molecule has 8 heteroatoms. The number of aryl methyl sites for hydroxylation is 1. The normalized spacial score (nSPS) is 12.2. The van der Waals surface area contributed by atoms with Crippen LogP contribution in [0.25, 0.3) is 11.0 Å². The summed E-state index contributed by atoms with van der Waals surface area (Å²) in [7, 11) is -3.78. The first kappa shape index (κ1) is 18.8. The summed E-state index contributed by atoms with van der Waals surface area (Å²) < 4.78 is 27.0. The van der Waals surface area contributed by atoms with Gasteiger partial charge in [-0.1, -0.05) is 65.4 Å². The summed E-state index contributed by atoms with van der Waals surface area (Å²) in [5.41, 5.74) is 3.91. The van der Waals surface area contributed by atoms with Gasteiger partial charge in [0.25, 0.3) is 10.0 Å². The van der Waals surface area contributed by atoms with Gasteiger partial charge < -0.3 is 0 Å². The van der Waals surface area contributed by atoms with E-state index in [1.807, 2.05) is 61.5 Å². The molecule has 0 unspecified atom stereocenters. The molecule has 3 aromatic carbocycles. The second kappa shape index (κ2) is 7.84. The van der Waals surface area contributed by atoms with Gasteiger partial charge in [0.2, 0.25) is 0 Å². The van der Waals surface area contributed by atoms with E-state index in [-0.39, 0.29) is 11.4 Å². The predicted molar refractivity (Wildman–Crippen MR) is 112 cm³/mol. The fraction of sp³-hybridized carbons (Fsp3) is 0.0952. The van der Waals surface area contributed by atoms with Crippen LogP contribution in [0, 0.1) is 6.92 Å². The topological polar surface area (TPSA) is 89.2 Å². The van der Waals surface area contributed by atoms with Crippen molar-refractivity contribution in [3.8, 4) is 0 Å². The molecular weight excluding hydrogens is 386 g/mol. The molecule has 0 bridgehead atoms. The molecule has 0 atom stereocenters. The SMILES string of the molecule is Cc1ccc(S(=O)(=O)N/N=C(\Cn2nnc3ccccc32)c2ccccc2)cc1. The summed E-state index contributed by atoms with van der Waals surface area (Å²) in [5.74, 6) is 0. The van der Waals surface area contributed by atoms with Gasteiger partial charge in [-0.25, -0.2) is 4.68 Å². The van der Waals surface area contributed by atoms with Crippen LogP contribution in [0.15, 0.2) is 88.9 Å². The molecule has 1 heterocycles. The van der Waals surface area contributed by atoms with Crippen LogP contribution >= 0.6 is 0 Å². The number of sulfonamides is 1. The zero-order valence-electron chi connectivity index (χ0n) is 15.7. The Kier molecular flexibility index (Phi) is 5.09. The number of nitrogens with one attached hydrogen (secondary N) is 1. The van der Waals surface area contributed by atoms with Crippen molar-refractivity contribution in [1.82, 2.24) is 19.8 Å². The number of hydrogen-bond acceptors (Lipinski definition) is 5. The minimum Gasteiger partial charge on any atom is -0.239 e. The average Bonchev–Trinajstić information content (AvgIpc) is 3.15. The minimum atomic E-state index is -3.78. The first-order valence-electron chi connectivity index (χ1n) is 9.02. The molecule has 29 heavy (non-hydrogen) atoms. The maximum atomic E-state index is 12.6. The molecule has 1 aromatic heterocycles. The smallest absolute Gasteiger partial charge is 0.239 e. The molecule has 0 aliphatic rings. The van der Waals surface area contributed by atoms with Crippen LogP contribution in [0.4, 0.5) is 0 Å². The van der Waals surface area contributed by atoms with Crippen molar-refractivity contribution in [1.29, 1.82) is 0 Å². The number of aromatic nitrogens is 3. The van der Waals surface area contributed by atoms with Gasteiger partial charge >= 0.3 is 0 Å². The third kappa shape index (κ3) is 4.17. The fourth-order valence-corrected chi connectivity index (χ4v) is 3.71. The lowest BCUT2D eigenvalue weighted by Crippen LogP contribution is -2.23. The Morgan fingerprint density at radius 1 is 0.966 bits per heavy atom. The number of rotatable bonds is 6. The Bertz CT molecular complexity index is 1260. The lowest BCUT2D eigenvalue weighted by Gasteiger charge is -2.10. The Balaban J connectivity index is 1.68. The monoisotopic (exact) mass is 405 g/mol. The number of benzene rings is 3. The van der Waals surface area contributed by atoms with Crippen LogP contribution in [0.1, 0.15) is 11.1 Å². The van der Waals surface area contributed by atoms with E-state index in [0.29, 0.717) is 5.71 Å². The van der Waals surface area contributed by atoms with E-state index >= 15 is 0 Å². The van der Waals surface area contributed by atoms with E-state index in [9.17, 15) is 8.42 Å². The van der Waals surface area contributed by atoms with E-state index in [1.165, 1.54) is 0 Å².